The Kier molecular flexibility index (Phi) is 7.14. The van der Waals surface area contributed by atoms with Crippen LogP contribution in [0.25, 0.3) is 0 Å². The Hall–Kier alpha value is -0.120. The zero-order valence-corrected chi connectivity index (χ0v) is 10.7. The van der Waals surface area contributed by atoms with E-state index in [1.807, 2.05) is 6.92 Å². The molecular weight excluding hydrogens is 188 g/mol. The molecule has 3 heteroatoms. The molecule has 0 rings (SSSR count). The fraction of sp³-hybridized carbons (Fsp3) is 1.00. The van der Waals surface area contributed by atoms with Crippen molar-refractivity contribution in [3.05, 3.63) is 0 Å². The van der Waals surface area contributed by atoms with Gasteiger partial charge in [0.15, 0.2) is 0 Å². The highest BCUT2D eigenvalue weighted by molar-refractivity contribution is 4.76. The first-order chi connectivity index (χ1) is 6.93. The number of hydrogen-bond acceptors (Lipinski definition) is 3. The van der Waals surface area contributed by atoms with E-state index < -0.39 is 5.60 Å². The second-order valence-electron chi connectivity index (χ2n) is 5.12. The summed E-state index contributed by atoms with van der Waals surface area (Å²) in [5.41, 5.74) is 5.10. The van der Waals surface area contributed by atoms with Crippen LogP contribution in [0.2, 0.25) is 0 Å². The lowest BCUT2D eigenvalue weighted by Crippen LogP contribution is -2.41. The second-order valence-corrected chi connectivity index (χ2v) is 5.12. The van der Waals surface area contributed by atoms with Gasteiger partial charge >= 0.3 is 0 Å². The Labute approximate surface area is 94.4 Å². The van der Waals surface area contributed by atoms with E-state index in [1.54, 1.807) is 0 Å². The summed E-state index contributed by atoms with van der Waals surface area (Å²) in [6.07, 6.45) is 1.86. The third kappa shape index (κ3) is 6.88. The molecule has 0 amide bonds. The quantitative estimate of drug-likeness (QED) is 0.574. The van der Waals surface area contributed by atoms with Gasteiger partial charge in [0, 0.05) is 6.54 Å². The van der Waals surface area contributed by atoms with Crippen molar-refractivity contribution < 1.29 is 5.11 Å². The monoisotopic (exact) mass is 216 g/mol. The molecule has 0 aliphatic rings. The van der Waals surface area contributed by atoms with Crippen molar-refractivity contribution in [2.24, 2.45) is 17.6 Å². The highest BCUT2D eigenvalue weighted by atomic mass is 16.3. The maximum Gasteiger partial charge on any atom is 0.0743 e. The molecule has 0 bridgehead atoms. The fourth-order valence-electron chi connectivity index (χ4n) is 1.75. The van der Waals surface area contributed by atoms with Crippen LogP contribution in [0.15, 0.2) is 0 Å². The minimum Gasteiger partial charge on any atom is -0.389 e. The molecule has 0 spiro atoms. The van der Waals surface area contributed by atoms with E-state index >= 15 is 0 Å². The van der Waals surface area contributed by atoms with Crippen LogP contribution < -0.4 is 11.1 Å². The summed E-state index contributed by atoms with van der Waals surface area (Å²) in [6, 6.07) is 0. The Morgan fingerprint density at radius 3 is 2.40 bits per heavy atom. The third-order valence-electron chi connectivity index (χ3n) is 2.95. The third-order valence-corrected chi connectivity index (χ3v) is 2.95. The van der Waals surface area contributed by atoms with Gasteiger partial charge in [0.1, 0.15) is 0 Å². The minimum atomic E-state index is -0.578. The minimum absolute atomic E-state index is 0.502. The maximum absolute atomic E-state index is 9.94. The first kappa shape index (κ1) is 14.9. The second kappa shape index (κ2) is 7.20. The van der Waals surface area contributed by atoms with E-state index in [4.69, 9.17) is 5.73 Å². The van der Waals surface area contributed by atoms with Crippen molar-refractivity contribution >= 4 is 0 Å². The van der Waals surface area contributed by atoms with Crippen LogP contribution in [-0.4, -0.2) is 30.3 Å². The molecule has 0 aliphatic heterocycles. The van der Waals surface area contributed by atoms with Crippen LogP contribution in [0.5, 0.6) is 0 Å². The van der Waals surface area contributed by atoms with E-state index in [0.29, 0.717) is 24.9 Å². The van der Waals surface area contributed by atoms with Crippen LogP contribution in [0.1, 0.15) is 40.5 Å². The zero-order valence-electron chi connectivity index (χ0n) is 10.7. The molecule has 0 aromatic heterocycles. The summed E-state index contributed by atoms with van der Waals surface area (Å²) in [5, 5.41) is 13.3. The van der Waals surface area contributed by atoms with Gasteiger partial charge in [-0.2, -0.15) is 0 Å². The van der Waals surface area contributed by atoms with Crippen LogP contribution in [0.4, 0.5) is 0 Å². The van der Waals surface area contributed by atoms with Crippen molar-refractivity contribution in [2.75, 3.05) is 19.6 Å². The van der Waals surface area contributed by atoms with E-state index in [9.17, 15) is 5.11 Å². The van der Waals surface area contributed by atoms with Gasteiger partial charge in [0.05, 0.1) is 5.60 Å². The molecule has 0 aliphatic carbocycles. The summed E-state index contributed by atoms with van der Waals surface area (Å²) >= 11 is 0. The summed E-state index contributed by atoms with van der Waals surface area (Å²) in [6.45, 7) is 10.6. The average molecular weight is 216 g/mol. The molecule has 0 heterocycles. The van der Waals surface area contributed by atoms with Gasteiger partial charge in [-0.15, -0.1) is 0 Å². The van der Waals surface area contributed by atoms with E-state index in [0.717, 1.165) is 19.4 Å². The molecule has 3 nitrogen and oxygen atoms in total. The van der Waals surface area contributed by atoms with E-state index in [-0.39, 0.29) is 0 Å². The lowest BCUT2D eigenvalue weighted by Gasteiger charge is -2.26. The predicted molar refractivity (Wildman–Crippen MR) is 65.8 cm³/mol. The van der Waals surface area contributed by atoms with Gasteiger partial charge < -0.3 is 16.2 Å². The molecule has 0 saturated carbocycles. The predicted octanol–water partition coefficient (Wildman–Crippen LogP) is 1.36. The molecule has 4 N–H and O–H groups in total. The Morgan fingerprint density at radius 1 is 1.40 bits per heavy atom. The van der Waals surface area contributed by atoms with Gasteiger partial charge in [0.25, 0.3) is 0 Å². The molecule has 0 aromatic carbocycles. The molecule has 92 valence electrons. The molecular formula is C12H28N2O. The van der Waals surface area contributed by atoms with Crippen LogP contribution in [-0.2, 0) is 0 Å². The topological polar surface area (TPSA) is 58.3 Å². The summed E-state index contributed by atoms with van der Waals surface area (Å²) in [4.78, 5) is 0. The lowest BCUT2D eigenvalue weighted by molar-refractivity contribution is 0.0487. The van der Waals surface area contributed by atoms with Crippen molar-refractivity contribution in [3.63, 3.8) is 0 Å². The summed E-state index contributed by atoms with van der Waals surface area (Å²) in [5.74, 6) is 1.10. The average Bonchev–Trinajstić information content (AvgIpc) is 2.11. The largest absolute Gasteiger partial charge is 0.389 e. The molecule has 0 fully saturated rings. The first-order valence-electron chi connectivity index (χ1n) is 6.06. The van der Waals surface area contributed by atoms with Crippen molar-refractivity contribution in [1.29, 1.82) is 0 Å². The molecule has 0 saturated heterocycles. The number of rotatable bonds is 8. The normalized spacial score (nSPS) is 17.8. The van der Waals surface area contributed by atoms with Crippen molar-refractivity contribution in [2.45, 2.75) is 46.1 Å². The molecule has 2 unspecified atom stereocenters. The Morgan fingerprint density at radius 2 is 2.00 bits per heavy atom. The fourth-order valence-corrected chi connectivity index (χ4v) is 1.75. The summed E-state index contributed by atoms with van der Waals surface area (Å²) in [7, 11) is 0. The maximum atomic E-state index is 9.94. The van der Waals surface area contributed by atoms with Gasteiger partial charge in [-0.25, -0.2) is 0 Å². The van der Waals surface area contributed by atoms with Gasteiger partial charge in [-0.3, -0.25) is 0 Å². The van der Waals surface area contributed by atoms with E-state index in [1.165, 1.54) is 0 Å². The van der Waals surface area contributed by atoms with E-state index in [2.05, 4.69) is 26.1 Å². The lowest BCUT2D eigenvalue weighted by atomic mass is 9.95. The molecule has 15 heavy (non-hydrogen) atoms. The molecule has 0 aromatic rings. The number of aliphatic hydroxyl groups is 1. The van der Waals surface area contributed by atoms with Gasteiger partial charge in [-0.05, 0) is 38.3 Å². The highest BCUT2D eigenvalue weighted by Gasteiger charge is 2.19. The van der Waals surface area contributed by atoms with Crippen LogP contribution in [0.3, 0.4) is 0 Å². The van der Waals surface area contributed by atoms with Crippen LogP contribution >= 0.6 is 0 Å². The Bertz CT molecular complexity index is 158. The molecule has 0 radical (unpaired) electrons. The molecule has 2 atom stereocenters. The summed E-state index contributed by atoms with van der Waals surface area (Å²) < 4.78 is 0. The Balaban J connectivity index is 3.76. The standard InChI is InChI=1S/C12H28N2O/c1-5-6-12(4,15)9-14-8-11(7-13)10(2)3/h10-11,14-15H,5-9,13H2,1-4H3. The van der Waals surface area contributed by atoms with Gasteiger partial charge in [0.2, 0.25) is 0 Å². The van der Waals surface area contributed by atoms with Crippen LogP contribution in [0, 0.1) is 11.8 Å². The number of hydrogen-bond donors (Lipinski definition) is 3. The van der Waals surface area contributed by atoms with Crippen molar-refractivity contribution in [1.82, 2.24) is 5.32 Å². The highest BCUT2D eigenvalue weighted by Crippen LogP contribution is 2.11. The number of nitrogens with one attached hydrogen (secondary N) is 1. The van der Waals surface area contributed by atoms with Gasteiger partial charge in [-0.1, -0.05) is 27.2 Å². The smallest absolute Gasteiger partial charge is 0.0743 e. The first-order valence-corrected chi connectivity index (χ1v) is 6.06. The van der Waals surface area contributed by atoms with Crippen molar-refractivity contribution in [3.8, 4) is 0 Å². The number of nitrogens with two attached hydrogens (primary N) is 1. The zero-order chi connectivity index (χ0) is 11.9. The SMILES string of the molecule is CCCC(C)(O)CNCC(CN)C(C)C.